The Morgan fingerprint density at radius 3 is 1.33 bits per heavy atom. The summed E-state index contributed by atoms with van der Waals surface area (Å²) in [5, 5.41) is -1.08. The first-order chi connectivity index (χ1) is 5.52. The first-order valence-electron chi connectivity index (χ1n) is 3.40. The van der Waals surface area contributed by atoms with E-state index in [0.29, 0.717) is 0 Å². The Balaban J connectivity index is 3.47. The predicted octanol–water partition coefficient (Wildman–Crippen LogP) is 1.65. The van der Waals surface area contributed by atoms with E-state index in [0.717, 1.165) is 0 Å². The van der Waals surface area contributed by atoms with E-state index in [-0.39, 0.29) is 31.5 Å². The molecule has 0 saturated carbocycles. The summed E-state index contributed by atoms with van der Waals surface area (Å²) in [5.74, 6) is -0.169. The highest BCUT2D eigenvalue weighted by Crippen LogP contribution is 2.02. The Morgan fingerprint density at radius 1 is 0.750 bits per heavy atom. The number of hydrogen-bond acceptors (Lipinski definition) is 3. The SMILES string of the molecule is O=C(Cl)CCC(=O)CCC(=O)Cl. The van der Waals surface area contributed by atoms with E-state index in [1.54, 1.807) is 0 Å². The minimum atomic E-state index is -0.541. The van der Waals surface area contributed by atoms with Crippen LogP contribution in [0.2, 0.25) is 0 Å². The Bertz CT molecular complexity index is 181. The van der Waals surface area contributed by atoms with Crippen molar-refractivity contribution >= 4 is 39.5 Å². The van der Waals surface area contributed by atoms with Crippen LogP contribution in [0.5, 0.6) is 0 Å². The van der Waals surface area contributed by atoms with E-state index in [1.165, 1.54) is 0 Å². The zero-order valence-corrected chi connectivity index (χ0v) is 7.82. The van der Waals surface area contributed by atoms with Gasteiger partial charge in [-0.2, -0.15) is 0 Å². The Hall–Kier alpha value is -0.410. The van der Waals surface area contributed by atoms with E-state index in [1.807, 2.05) is 0 Å². The first kappa shape index (κ1) is 11.6. The van der Waals surface area contributed by atoms with Gasteiger partial charge in [-0.25, -0.2) is 0 Å². The van der Waals surface area contributed by atoms with Crippen LogP contribution in [0.4, 0.5) is 0 Å². The molecule has 68 valence electrons. The second-order valence-electron chi connectivity index (χ2n) is 2.25. The van der Waals surface area contributed by atoms with Crippen molar-refractivity contribution in [2.45, 2.75) is 25.7 Å². The van der Waals surface area contributed by atoms with Gasteiger partial charge < -0.3 is 0 Å². The lowest BCUT2D eigenvalue weighted by atomic mass is 10.1. The molecule has 0 radical (unpaired) electrons. The molecule has 0 heterocycles. The van der Waals surface area contributed by atoms with Crippen molar-refractivity contribution in [3.8, 4) is 0 Å². The maximum Gasteiger partial charge on any atom is 0.222 e. The summed E-state index contributed by atoms with van der Waals surface area (Å²) in [7, 11) is 0. The minimum Gasteiger partial charge on any atom is -0.300 e. The van der Waals surface area contributed by atoms with Crippen LogP contribution in [-0.4, -0.2) is 16.3 Å². The second-order valence-corrected chi connectivity index (χ2v) is 3.09. The quantitative estimate of drug-likeness (QED) is 0.627. The molecule has 0 aliphatic heterocycles. The normalized spacial score (nSPS) is 9.50. The monoisotopic (exact) mass is 210 g/mol. The van der Waals surface area contributed by atoms with Gasteiger partial charge in [0.25, 0.3) is 0 Å². The van der Waals surface area contributed by atoms with Crippen molar-refractivity contribution in [1.29, 1.82) is 0 Å². The van der Waals surface area contributed by atoms with Crippen molar-refractivity contribution < 1.29 is 14.4 Å². The van der Waals surface area contributed by atoms with Gasteiger partial charge in [0.15, 0.2) is 0 Å². The van der Waals surface area contributed by atoms with Crippen LogP contribution in [0.25, 0.3) is 0 Å². The summed E-state index contributed by atoms with van der Waals surface area (Å²) in [6, 6.07) is 0. The zero-order chi connectivity index (χ0) is 9.56. The number of Topliss-reactive ketones (excluding diaryl/α,β-unsaturated/α-hetero) is 1. The van der Waals surface area contributed by atoms with Gasteiger partial charge in [0.2, 0.25) is 10.5 Å². The molecule has 0 bridgehead atoms. The number of hydrogen-bond donors (Lipinski definition) is 0. The number of carbonyl (C=O) groups is 3. The summed E-state index contributed by atoms with van der Waals surface area (Å²) < 4.78 is 0. The summed E-state index contributed by atoms with van der Waals surface area (Å²) in [6.07, 6.45) is 0.229. The molecule has 12 heavy (non-hydrogen) atoms. The van der Waals surface area contributed by atoms with Crippen molar-refractivity contribution in [2.75, 3.05) is 0 Å². The number of halogens is 2. The highest BCUT2D eigenvalue weighted by molar-refractivity contribution is 6.64. The van der Waals surface area contributed by atoms with Gasteiger partial charge in [-0.3, -0.25) is 14.4 Å². The molecule has 0 aliphatic carbocycles. The number of rotatable bonds is 6. The standard InChI is InChI=1S/C7H8Cl2O3/c8-6(11)3-1-5(10)2-4-7(9)12/h1-4H2. The number of carbonyl (C=O) groups excluding carboxylic acids is 3. The first-order valence-corrected chi connectivity index (χ1v) is 4.16. The topological polar surface area (TPSA) is 51.2 Å². The second kappa shape index (κ2) is 6.14. The molecule has 5 heteroatoms. The molecular weight excluding hydrogens is 203 g/mol. The summed E-state index contributed by atoms with van der Waals surface area (Å²) in [4.78, 5) is 31.2. The van der Waals surface area contributed by atoms with Crippen LogP contribution < -0.4 is 0 Å². The van der Waals surface area contributed by atoms with Crippen LogP contribution in [0, 0.1) is 0 Å². The van der Waals surface area contributed by atoms with Crippen molar-refractivity contribution in [3.05, 3.63) is 0 Å². The highest BCUT2D eigenvalue weighted by Gasteiger charge is 2.06. The maximum atomic E-state index is 10.8. The van der Waals surface area contributed by atoms with Crippen LogP contribution >= 0.6 is 23.2 Å². The molecule has 0 atom stereocenters. The maximum absolute atomic E-state index is 10.8. The molecule has 0 aromatic carbocycles. The van der Waals surface area contributed by atoms with Gasteiger partial charge in [-0.1, -0.05) is 0 Å². The van der Waals surface area contributed by atoms with Gasteiger partial charge in [0.05, 0.1) is 0 Å². The zero-order valence-electron chi connectivity index (χ0n) is 6.31. The fourth-order valence-corrected chi connectivity index (χ4v) is 0.789. The van der Waals surface area contributed by atoms with Gasteiger partial charge in [-0.05, 0) is 23.2 Å². The minimum absolute atomic E-state index is 0.0247. The Labute approximate surface area is 80.0 Å². The van der Waals surface area contributed by atoms with Crippen molar-refractivity contribution in [3.63, 3.8) is 0 Å². The summed E-state index contributed by atoms with van der Waals surface area (Å²) in [6.45, 7) is 0. The van der Waals surface area contributed by atoms with Crippen molar-refractivity contribution in [1.82, 2.24) is 0 Å². The molecule has 0 saturated heterocycles. The van der Waals surface area contributed by atoms with Crippen LogP contribution in [-0.2, 0) is 14.4 Å². The molecule has 0 aliphatic rings. The molecule has 0 fully saturated rings. The van der Waals surface area contributed by atoms with E-state index in [4.69, 9.17) is 23.2 Å². The third kappa shape index (κ3) is 7.69. The van der Waals surface area contributed by atoms with E-state index in [2.05, 4.69) is 0 Å². The van der Waals surface area contributed by atoms with Gasteiger partial charge in [0.1, 0.15) is 5.78 Å². The fraction of sp³-hybridized carbons (Fsp3) is 0.571. The fourth-order valence-electron chi connectivity index (χ4n) is 0.600. The molecule has 0 aromatic rings. The Morgan fingerprint density at radius 2 is 1.08 bits per heavy atom. The van der Waals surface area contributed by atoms with Gasteiger partial charge >= 0.3 is 0 Å². The van der Waals surface area contributed by atoms with Crippen LogP contribution in [0.3, 0.4) is 0 Å². The van der Waals surface area contributed by atoms with Crippen molar-refractivity contribution in [2.24, 2.45) is 0 Å². The third-order valence-electron chi connectivity index (χ3n) is 1.20. The van der Waals surface area contributed by atoms with E-state index >= 15 is 0 Å². The molecular formula is C7H8Cl2O3. The lowest BCUT2D eigenvalue weighted by Gasteiger charge is -1.94. The van der Waals surface area contributed by atoms with Gasteiger partial charge in [-0.15, -0.1) is 0 Å². The molecule has 0 rings (SSSR count). The molecule has 3 nitrogen and oxygen atoms in total. The average Bonchev–Trinajstić information content (AvgIpc) is 1.96. The van der Waals surface area contributed by atoms with Gasteiger partial charge in [0, 0.05) is 25.7 Å². The molecule has 0 spiro atoms. The van der Waals surface area contributed by atoms with E-state index < -0.39 is 10.5 Å². The predicted molar refractivity (Wildman–Crippen MR) is 45.2 cm³/mol. The largest absolute Gasteiger partial charge is 0.300 e. The molecule has 0 unspecified atom stereocenters. The molecule has 0 N–H and O–H groups in total. The average molecular weight is 211 g/mol. The van der Waals surface area contributed by atoms with Crippen LogP contribution in [0.15, 0.2) is 0 Å². The summed E-state index contributed by atoms with van der Waals surface area (Å²) in [5.41, 5.74) is 0. The Kier molecular flexibility index (Phi) is 5.93. The number of ketones is 1. The van der Waals surface area contributed by atoms with E-state index in [9.17, 15) is 14.4 Å². The highest BCUT2D eigenvalue weighted by atomic mass is 35.5. The lowest BCUT2D eigenvalue weighted by molar-refractivity contribution is -0.123. The molecule has 0 aromatic heterocycles. The molecule has 0 amide bonds. The van der Waals surface area contributed by atoms with Crippen LogP contribution in [0.1, 0.15) is 25.7 Å². The lowest BCUT2D eigenvalue weighted by Crippen LogP contribution is -2.02. The third-order valence-corrected chi connectivity index (χ3v) is 1.58. The smallest absolute Gasteiger partial charge is 0.222 e. The summed E-state index contributed by atoms with van der Waals surface area (Å²) >= 11 is 10.0.